The molecule has 0 saturated carbocycles. The van der Waals surface area contributed by atoms with Gasteiger partial charge in [0.2, 0.25) is 17.7 Å². The van der Waals surface area contributed by atoms with Gasteiger partial charge in [0.25, 0.3) is 0 Å². The molecule has 2 aromatic rings. The molecular weight excluding hydrogens is 422 g/mol. The average molecular weight is 446 g/mol. The van der Waals surface area contributed by atoms with Crippen LogP contribution in [0.2, 0.25) is 5.02 Å². The number of carbonyl (C=O) groups is 3. The van der Waals surface area contributed by atoms with Crippen LogP contribution < -0.4 is 25.0 Å². The van der Waals surface area contributed by atoms with Gasteiger partial charge in [-0.1, -0.05) is 18.5 Å². The van der Waals surface area contributed by atoms with E-state index in [1.54, 1.807) is 43.3 Å². The fourth-order valence-corrected chi connectivity index (χ4v) is 3.47. The minimum absolute atomic E-state index is 0.0517. The summed E-state index contributed by atoms with van der Waals surface area (Å²) in [6.07, 6.45) is 0.383. The fraction of sp³-hybridized carbons (Fsp3) is 0.318. The lowest BCUT2D eigenvalue weighted by Crippen LogP contribution is -2.28. The number of nitrogens with zero attached hydrogens (tertiary/aromatic N) is 1. The van der Waals surface area contributed by atoms with Crippen LogP contribution in [0, 0.1) is 5.92 Å². The van der Waals surface area contributed by atoms with Gasteiger partial charge in [-0.25, -0.2) is 0 Å². The van der Waals surface area contributed by atoms with Crippen molar-refractivity contribution in [1.82, 2.24) is 0 Å². The van der Waals surface area contributed by atoms with Crippen LogP contribution in [0.25, 0.3) is 0 Å². The number of benzene rings is 2. The zero-order valence-corrected chi connectivity index (χ0v) is 18.3. The van der Waals surface area contributed by atoms with Gasteiger partial charge in [0.15, 0.2) is 0 Å². The number of hydrogen-bond donors (Lipinski definition) is 2. The zero-order valence-electron chi connectivity index (χ0n) is 17.5. The van der Waals surface area contributed by atoms with E-state index in [-0.39, 0.29) is 30.7 Å². The molecule has 1 unspecified atom stereocenters. The van der Waals surface area contributed by atoms with E-state index in [2.05, 4.69) is 10.6 Å². The molecule has 1 aliphatic rings. The molecule has 9 heteroatoms. The number of nitrogens with one attached hydrogen (secondary N) is 2. The third kappa shape index (κ3) is 5.08. The van der Waals surface area contributed by atoms with Crippen molar-refractivity contribution in [3.05, 3.63) is 41.4 Å². The second-order valence-corrected chi connectivity index (χ2v) is 7.44. The molecule has 8 nitrogen and oxygen atoms in total. The first-order chi connectivity index (χ1) is 14.9. The minimum Gasteiger partial charge on any atom is -0.497 e. The summed E-state index contributed by atoms with van der Waals surface area (Å²) in [6.45, 7) is 1.94. The molecular formula is C22H24ClN3O5. The summed E-state index contributed by atoms with van der Waals surface area (Å²) < 4.78 is 10.6. The molecule has 1 heterocycles. The summed E-state index contributed by atoms with van der Waals surface area (Å²) in [4.78, 5) is 38.7. The van der Waals surface area contributed by atoms with E-state index in [9.17, 15) is 14.4 Å². The van der Waals surface area contributed by atoms with E-state index >= 15 is 0 Å². The number of ether oxygens (including phenoxy) is 2. The number of hydrogen-bond acceptors (Lipinski definition) is 5. The predicted molar refractivity (Wildman–Crippen MR) is 119 cm³/mol. The Morgan fingerprint density at radius 2 is 1.90 bits per heavy atom. The Kier molecular flexibility index (Phi) is 7.02. The summed E-state index contributed by atoms with van der Waals surface area (Å²) in [5, 5.41) is 5.83. The van der Waals surface area contributed by atoms with Gasteiger partial charge in [0, 0.05) is 31.1 Å². The highest BCUT2D eigenvalue weighted by Gasteiger charge is 2.36. The van der Waals surface area contributed by atoms with E-state index in [1.807, 2.05) is 0 Å². The second-order valence-electron chi connectivity index (χ2n) is 7.03. The summed E-state index contributed by atoms with van der Waals surface area (Å²) >= 11 is 6.21. The van der Waals surface area contributed by atoms with Crippen molar-refractivity contribution < 1.29 is 23.9 Å². The van der Waals surface area contributed by atoms with Crippen molar-refractivity contribution in [2.75, 3.05) is 36.3 Å². The van der Waals surface area contributed by atoms with Crippen molar-refractivity contribution in [3.63, 3.8) is 0 Å². The molecule has 31 heavy (non-hydrogen) atoms. The molecule has 1 saturated heterocycles. The van der Waals surface area contributed by atoms with Crippen molar-refractivity contribution in [2.45, 2.75) is 19.8 Å². The number of rotatable bonds is 7. The van der Waals surface area contributed by atoms with E-state index in [4.69, 9.17) is 21.1 Å². The first-order valence-electron chi connectivity index (χ1n) is 9.78. The van der Waals surface area contributed by atoms with E-state index in [0.29, 0.717) is 40.0 Å². The van der Waals surface area contributed by atoms with Gasteiger partial charge in [-0.2, -0.15) is 0 Å². The Labute approximate surface area is 185 Å². The number of halogens is 1. The van der Waals surface area contributed by atoms with Crippen LogP contribution in [0.5, 0.6) is 11.5 Å². The zero-order chi connectivity index (χ0) is 22.5. The van der Waals surface area contributed by atoms with Crippen LogP contribution in [0.3, 0.4) is 0 Å². The first-order valence-corrected chi connectivity index (χ1v) is 10.2. The largest absolute Gasteiger partial charge is 0.497 e. The van der Waals surface area contributed by atoms with E-state index in [0.717, 1.165) is 0 Å². The molecule has 1 atom stereocenters. The fourth-order valence-electron chi connectivity index (χ4n) is 3.31. The summed E-state index contributed by atoms with van der Waals surface area (Å²) in [7, 11) is 3.05. The van der Waals surface area contributed by atoms with Crippen molar-refractivity contribution in [3.8, 4) is 11.5 Å². The van der Waals surface area contributed by atoms with Crippen LogP contribution in [-0.4, -0.2) is 38.5 Å². The topological polar surface area (TPSA) is 97.0 Å². The lowest BCUT2D eigenvalue weighted by Gasteiger charge is -2.20. The van der Waals surface area contributed by atoms with E-state index in [1.165, 1.54) is 19.1 Å². The van der Waals surface area contributed by atoms with E-state index < -0.39 is 5.92 Å². The molecule has 2 N–H and O–H groups in total. The summed E-state index contributed by atoms with van der Waals surface area (Å²) in [6, 6.07) is 9.99. The highest BCUT2D eigenvalue weighted by Crippen LogP contribution is 2.36. The molecule has 1 aliphatic heterocycles. The molecule has 3 amide bonds. The maximum Gasteiger partial charge on any atom is 0.229 e. The summed E-state index contributed by atoms with van der Waals surface area (Å²) in [5.41, 5.74) is 1.44. The Morgan fingerprint density at radius 3 is 2.58 bits per heavy atom. The van der Waals surface area contributed by atoms with Gasteiger partial charge in [0.1, 0.15) is 11.5 Å². The Bertz CT molecular complexity index is 1010. The van der Waals surface area contributed by atoms with Crippen LogP contribution >= 0.6 is 11.6 Å². The SMILES string of the molecule is CCC(=O)Nc1ccc(Cl)c(NC(=O)C2CC(=O)N(c3cc(OC)ccc3OC)C2)c1. The van der Waals surface area contributed by atoms with Crippen LogP contribution in [0.4, 0.5) is 17.1 Å². The number of anilines is 3. The Hall–Kier alpha value is -3.26. The molecule has 3 rings (SSSR count). The molecule has 0 spiro atoms. The number of amides is 3. The molecule has 0 radical (unpaired) electrons. The second kappa shape index (κ2) is 9.70. The molecule has 2 aromatic carbocycles. The molecule has 1 fully saturated rings. The van der Waals surface area contributed by atoms with Crippen molar-refractivity contribution in [2.24, 2.45) is 5.92 Å². The van der Waals surface area contributed by atoms with Crippen LogP contribution in [-0.2, 0) is 14.4 Å². The minimum atomic E-state index is -0.576. The lowest BCUT2D eigenvalue weighted by molar-refractivity contribution is -0.122. The maximum absolute atomic E-state index is 12.9. The standard InChI is InChI=1S/C22H24ClN3O5/c1-4-20(27)24-14-5-7-16(23)17(10-14)25-22(29)13-9-21(28)26(12-13)18-11-15(30-2)6-8-19(18)31-3/h5-8,10-11,13H,4,9,12H2,1-3H3,(H,24,27)(H,25,29). The first kappa shape index (κ1) is 22.4. The third-order valence-corrected chi connectivity index (χ3v) is 5.33. The lowest BCUT2D eigenvalue weighted by atomic mass is 10.1. The normalized spacial score (nSPS) is 15.5. The molecule has 0 aromatic heterocycles. The van der Waals surface area contributed by atoms with Crippen LogP contribution in [0.1, 0.15) is 19.8 Å². The Morgan fingerprint density at radius 1 is 1.13 bits per heavy atom. The van der Waals surface area contributed by atoms with Crippen molar-refractivity contribution >= 4 is 46.4 Å². The summed E-state index contributed by atoms with van der Waals surface area (Å²) in [5.74, 6) is -0.163. The highest BCUT2D eigenvalue weighted by atomic mass is 35.5. The van der Waals surface area contributed by atoms with Crippen molar-refractivity contribution in [1.29, 1.82) is 0 Å². The maximum atomic E-state index is 12.9. The van der Waals surface area contributed by atoms with Gasteiger partial charge in [0.05, 0.1) is 36.5 Å². The molecule has 164 valence electrons. The van der Waals surface area contributed by atoms with Gasteiger partial charge in [-0.15, -0.1) is 0 Å². The van der Waals surface area contributed by atoms with Crippen LogP contribution in [0.15, 0.2) is 36.4 Å². The third-order valence-electron chi connectivity index (χ3n) is 5.00. The molecule has 0 aliphatic carbocycles. The highest BCUT2D eigenvalue weighted by molar-refractivity contribution is 6.34. The molecule has 0 bridgehead atoms. The quantitative estimate of drug-likeness (QED) is 0.677. The average Bonchev–Trinajstić information content (AvgIpc) is 3.17. The monoisotopic (exact) mass is 445 g/mol. The van der Waals surface area contributed by atoms with Gasteiger partial charge < -0.3 is 25.0 Å². The number of carbonyl (C=O) groups excluding carboxylic acids is 3. The van der Waals surface area contributed by atoms with Gasteiger partial charge >= 0.3 is 0 Å². The Balaban J connectivity index is 1.76. The van der Waals surface area contributed by atoms with Gasteiger partial charge in [-0.05, 0) is 30.3 Å². The van der Waals surface area contributed by atoms with Gasteiger partial charge in [-0.3, -0.25) is 14.4 Å². The smallest absolute Gasteiger partial charge is 0.229 e. The number of methoxy groups -OCH3 is 2. The predicted octanol–water partition coefficient (Wildman–Crippen LogP) is 3.70.